The predicted octanol–water partition coefficient (Wildman–Crippen LogP) is 2.82. The predicted molar refractivity (Wildman–Crippen MR) is 77.8 cm³/mol. The molecule has 0 unspecified atom stereocenters. The summed E-state index contributed by atoms with van der Waals surface area (Å²) in [7, 11) is 0. The highest BCUT2D eigenvalue weighted by Gasteiger charge is 2.14. The Hall–Kier alpha value is -0.860. The fourth-order valence-electron chi connectivity index (χ4n) is 2.55. The Morgan fingerprint density at radius 2 is 1.89 bits per heavy atom. The minimum Gasteiger partial charge on any atom is -0.311 e. The third kappa shape index (κ3) is 4.11. The largest absolute Gasteiger partial charge is 0.311 e. The molecule has 0 aliphatic carbocycles. The molecule has 0 fully saturated rings. The van der Waals surface area contributed by atoms with Crippen LogP contribution in [0.2, 0.25) is 0 Å². The highest BCUT2D eigenvalue weighted by atomic mass is 15.1. The second kappa shape index (κ2) is 5.85. The van der Waals surface area contributed by atoms with Gasteiger partial charge in [0.05, 0.1) is 0 Å². The highest BCUT2D eigenvalue weighted by Crippen LogP contribution is 2.17. The minimum atomic E-state index is 0.226. The first-order valence-corrected chi connectivity index (χ1v) is 7.09. The van der Waals surface area contributed by atoms with E-state index in [2.05, 4.69) is 55.3 Å². The molecule has 0 saturated carbocycles. The van der Waals surface area contributed by atoms with Crippen molar-refractivity contribution < 1.29 is 0 Å². The second-order valence-corrected chi connectivity index (χ2v) is 6.33. The number of fused-ring (bicyclic) bond motifs is 1. The molecule has 100 valence electrons. The molecular weight excluding hydrogens is 220 g/mol. The lowest BCUT2D eigenvalue weighted by Gasteiger charge is -2.25. The van der Waals surface area contributed by atoms with Crippen LogP contribution < -0.4 is 5.32 Å². The lowest BCUT2D eigenvalue weighted by molar-refractivity contribution is 0.257. The van der Waals surface area contributed by atoms with Crippen LogP contribution in [0.4, 0.5) is 0 Å². The summed E-state index contributed by atoms with van der Waals surface area (Å²) in [6, 6.07) is 8.89. The molecule has 0 aromatic heterocycles. The van der Waals surface area contributed by atoms with E-state index in [1.807, 2.05) is 0 Å². The van der Waals surface area contributed by atoms with Gasteiger partial charge in [0.25, 0.3) is 0 Å². The third-order valence-electron chi connectivity index (χ3n) is 3.52. The molecule has 1 aromatic rings. The van der Waals surface area contributed by atoms with Gasteiger partial charge in [0.1, 0.15) is 0 Å². The van der Waals surface area contributed by atoms with E-state index < -0.39 is 0 Å². The fraction of sp³-hybridized carbons (Fsp3) is 0.625. The SMILES string of the molecule is CC(C)(C)NCCN1CCCc2ccccc2C1. The minimum absolute atomic E-state index is 0.226. The zero-order valence-corrected chi connectivity index (χ0v) is 12.0. The Kier molecular flexibility index (Phi) is 4.41. The van der Waals surface area contributed by atoms with Crippen LogP contribution in [0.15, 0.2) is 24.3 Å². The molecule has 0 atom stereocenters. The smallest absolute Gasteiger partial charge is 0.0237 e. The summed E-state index contributed by atoms with van der Waals surface area (Å²) in [5, 5.41) is 3.57. The zero-order valence-electron chi connectivity index (χ0n) is 12.0. The topological polar surface area (TPSA) is 15.3 Å². The van der Waals surface area contributed by atoms with Crippen LogP contribution in [0, 0.1) is 0 Å². The van der Waals surface area contributed by atoms with Crippen LogP contribution in [0.1, 0.15) is 38.3 Å². The molecular formula is C16H26N2. The average molecular weight is 246 g/mol. The monoisotopic (exact) mass is 246 g/mol. The zero-order chi connectivity index (χ0) is 13.0. The normalized spacial score (nSPS) is 17.3. The van der Waals surface area contributed by atoms with Crippen LogP contribution in [0.25, 0.3) is 0 Å². The molecule has 1 N–H and O–H groups in total. The van der Waals surface area contributed by atoms with Crippen molar-refractivity contribution in [3.05, 3.63) is 35.4 Å². The molecule has 18 heavy (non-hydrogen) atoms. The Balaban J connectivity index is 1.88. The number of nitrogens with one attached hydrogen (secondary N) is 1. The first-order chi connectivity index (χ1) is 8.54. The molecule has 0 amide bonds. The molecule has 2 rings (SSSR count). The number of benzene rings is 1. The molecule has 1 aliphatic rings. The Bertz CT molecular complexity index is 379. The maximum absolute atomic E-state index is 3.57. The maximum atomic E-state index is 3.57. The van der Waals surface area contributed by atoms with E-state index in [0.717, 1.165) is 19.6 Å². The van der Waals surface area contributed by atoms with Crippen molar-refractivity contribution in [2.45, 2.75) is 45.7 Å². The van der Waals surface area contributed by atoms with Crippen LogP contribution in [0.5, 0.6) is 0 Å². The lowest BCUT2D eigenvalue weighted by Crippen LogP contribution is -2.41. The first kappa shape index (κ1) is 13.6. The summed E-state index contributed by atoms with van der Waals surface area (Å²) in [6.07, 6.45) is 2.52. The Morgan fingerprint density at radius 3 is 2.61 bits per heavy atom. The van der Waals surface area contributed by atoms with Gasteiger partial charge in [-0.05, 0) is 51.3 Å². The van der Waals surface area contributed by atoms with E-state index in [-0.39, 0.29) is 5.54 Å². The Labute approximate surface area is 111 Å². The number of nitrogens with zero attached hydrogens (tertiary/aromatic N) is 1. The van der Waals surface area contributed by atoms with Gasteiger partial charge < -0.3 is 5.32 Å². The molecule has 0 bridgehead atoms. The standard InChI is InChI=1S/C16H26N2/c1-16(2,3)17-10-12-18-11-6-9-14-7-4-5-8-15(14)13-18/h4-5,7-8,17H,6,9-13H2,1-3H3. The van der Waals surface area contributed by atoms with E-state index in [4.69, 9.17) is 0 Å². The van der Waals surface area contributed by atoms with Gasteiger partial charge >= 0.3 is 0 Å². The molecule has 2 nitrogen and oxygen atoms in total. The molecule has 1 aliphatic heterocycles. The summed E-state index contributed by atoms with van der Waals surface area (Å²) >= 11 is 0. The van der Waals surface area contributed by atoms with E-state index >= 15 is 0 Å². The van der Waals surface area contributed by atoms with Gasteiger partial charge in [0.15, 0.2) is 0 Å². The highest BCUT2D eigenvalue weighted by molar-refractivity contribution is 5.27. The van der Waals surface area contributed by atoms with Gasteiger partial charge in [-0.3, -0.25) is 4.90 Å². The van der Waals surface area contributed by atoms with Gasteiger partial charge in [0, 0.05) is 25.2 Å². The van der Waals surface area contributed by atoms with Crippen molar-refractivity contribution >= 4 is 0 Å². The molecule has 1 heterocycles. The summed E-state index contributed by atoms with van der Waals surface area (Å²) < 4.78 is 0. The second-order valence-electron chi connectivity index (χ2n) is 6.33. The number of hydrogen-bond donors (Lipinski definition) is 1. The van der Waals surface area contributed by atoms with Crippen molar-refractivity contribution in [1.29, 1.82) is 0 Å². The van der Waals surface area contributed by atoms with Crippen LogP contribution in [-0.4, -0.2) is 30.1 Å². The van der Waals surface area contributed by atoms with Crippen molar-refractivity contribution in [3.8, 4) is 0 Å². The van der Waals surface area contributed by atoms with Crippen LogP contribution >= 0.6 is 0 Å². The van der Waals surface area contributed by atoms with Gasteiger partial charge in [-0.1, -0.05) is 24.3 Å². The molecule has 0 saturated heterocycles. The summed E-state index contributed by atoms with van der Waals surface area (Å²) in [4.78, 5) is 2.57. The van der Waals surface area contributed by atoms with Crippen molar-refractivity contribution in [1.82, 2.24) is 10.2 Å². The van der Waals surface area contributed by atoms with Crippen molar-refractivity contribution in [2.75, 3.05) is 19.6 Å². The van der Waals surface area contributed by atoms with E-state index in [1.54, 1.807) is 5.56 Å². The summed E-state index contributed by atoms with van der Waals surface area (Å²) in [6.45, 7) is 11.2. The van der Waals surface area contributed by atoms with E-state index in [0.29, 0.717) is 0 Å². The quantitative estimate of drug-likeness (QED) is 0.882. The van der Waals surface area contributed by atoms with Gasteiger partial charge in [-0.2, -0.15) is 0 Å². The molecule has 1 aromatic carbocycles. The Morgan fingerprint density at radius 1 is 1.17 bits per heavy atom. The maximum Gasteiger partial charge on any atom is 0.0237 e. The van der Waals surface area contributed by atoms with Crippen molar-refractivity contribution in [2.24, 2.45) is 0 Å². The van der Waals surface area contributed by atoms with Gasteiger partial charge in [-0.25, -0.2) is 0 Å². The average Bonchev–Trinajstić information content (AvgIpc) is 2.49. The van der Waals surface area contributed by atoms with Crippen LogP contribution in [0.3, 0.4) is 0 Å². The van der Waals surface area contributed by atoms with E-state index in [1.165, 1.54) is 24.9 Å². The van der Waals surface area contributed by atoms with Crippen LogP contribution in [-0.2, 0) is 13.0 Å². The third-order valence-corrected chi connectivity index (χ3v) is 3.52. The number of aryl methyl sites for hydroxylation is 1. The number of hydrogen-bond acceptors (Lipinski definition) is 2. The van der Waals surface area contributed by atoms with Gasteiger partial charge in [0.2, 0.25) is 0 Å². The van der Waals surface area contributed by atoms with Gasteiger partial charge in [-0.15, -0.1) is 0 Å². The molecule has 2 heteroatoms. The summed E-state index contributed by atoms with van der Waals surface area (Å²) in [5.41, 5.74) is 3.29. The fourth-order valence-corrected chi connectivity index (χ4v) is 2.55. The molecule has 0 spiro atoms. The first-order valence-electron chi connectivity index (χ1n) is 7.09. The van der Waals surface area contributed by atoms with Crippen molar-refractivity contribution in [3.63, 3.8) is 0 Å². The van der Waals surface area contributed by atoms with E-state index in [9.17, 15) is 0 Å². The molecule has 0 radical (unpaired) electrons. The number of rotatable bonds is 3. The lowest BCUT2D eigenvalue weighted by atomic mass is 10.0. The summed E-state index contributed by atoms with van der Waals surface area (Å²) in [5.74, 6) is 0.